The third-order valence-corrected chi connectivity index (χ3v) is 3.76. The highest BCUT2D eigenvalue weighted by atomic mass is 79.9. The average molecular weight is 352 g/mol. The van der Waals surface area contributed by atoms with E-state index in [1.165, 1.54) is 0 Å². The molecule has 2 heterocycles. The van der Waals surface area contributed by atoms with Crippen LogP contribution in [0.15, 0.2) is 57.7 Å². The quantitative estimate of drug-likeness (QED) is 0.629. The van der Waals surface area contributed by atoms with Crippen LogP contribution in [-0.2, 0) is 0 Å². The predicted molar refractivity (Wildman–Crippen MR) is 76.0 cm³/mol. The summed E-state index contributed by atoms with van der Waals surface area (Å²) in [4.78, 5) is 4.61. The van der Waals surface area contributed by atoms with Crippen molar-refractivity contribution in [3.63, 3.8) is 0 Å². The Labute approximate surface area is 116 Å². The van der Waals surface area contributed by atoms with Crippen molar-refractivity contribution >= 4 is 37.5 Å². The van der Waals surface area contributed by atoms with Crippen LogP contribution in [0.5, 0.6) is 0 Å². The van der Waals surface area contributed by atoms with Crippen LogP contribution < -0.4 is 0 Å². The first-order valence-electron chi connectivity index (χ1n) is 5.13. The van der Waals surface area contributed by atoms with Gasteiger partial charge < -0.3 is 4.40 Å². The van der Waals surface area contributed by atoms with E-state index in [0.29, 0.717) is 0 Å². The van der Waals surface area contributed by atoms with Gasteiger partial charge in [0.1, 0.15) is 5.65 Å². The second-order valence-corrected chi connectivity index (χ2v) is 5.49. The molecule has 0 aliphatic carbocycles. The van der Waals surface area contributed by atoms with Crippen LogP contribution >= 0.6 is 31.9 Å². The maximum absolute atomic E-state index is 4.61. The van der Waals surface area contributed by atoms with Crippen molar-refractivity contribution in [3.05, 3.63) is 57.7 Å². The Balaban J connectivity index is 2.22. The number of hydrogen-bond donors (Lipinski definition) is 0. The molecule has 0 unspecified atom stereocenters. The number of hydrogen-bond acceptors (Lipinski definition) is 1. The number of rotatable bonds is 1. The fraction of sp³-hybridized carbons (Fsp3) is 0. The number of nitrogens with zero attached hydrogens (tertiary/aromatic N) is 2. The van der Waals surface area contributed by atoms with Crippen molar-refractivity contribution in [2.24, 2.45) is 0 Å². The Morgan fingerprint density at radius 2 is 1.88 bits per heavy atom. The summed E-state index contributed by atoms with van der Waals surface area (Å²) in [5, 5.41) is 0. The second-order valence-electron chi connectivity index (χ2n) is 3.72. The van der Waals surface area contributed by atoms with E-state index in [9.17, 15) is 0 Å². The normalized spacial score (nSPS) is 10.9. The molecule has 1 aromatic carbocycles. The van der Waals surface area contributed by atoms with Crippen LogP contribution in [0.25, 0.3) is 16.9 Å². The summed E-state index contributed by atoms with van der Waals surface area (Å²) in [6, 6.07) is 12.1. The first-order valence-corrected chi connectivity index (χ1v) is 6.72. The molecule has 0 N–H and O–H groups in total. The van der Waals surface area contributed by atoms with Gasteiger partial charge in [0.05, 0.1) is 5.69 Å². The predicted octanol–water partition coefficient (Wildman–Crippen LogP) is 4.53. The molecule has 0 saturated heterocycles. The fourth-order valence-electron chi connectivity index (χ4n) is 1.76. The molecule has 2 aromatic heterocycles. The maximum atomic E-state index is 4.61. The third-order valence-electron chi connectivity index (χ3n) is 2.57. The van der Waals surface area contributed by atoms with Gasteiger partial charge in [-0.15, -0.1) is 0 Å². The molecule has 0 fully saturated rings. The van der Waals surface area contributed by atoms with E-state index in [2.05, 4.69) is 42.9 Å². The van der Waals surface area contributed by atoms with Gasteiger partial charge in [-0.1, -0.05) is 50.1 Å². The van der Waals surface area contributed by atoms with Crippen LogP contribution in [-0.4, -0.2) is 9.38 Å². The van der Waals surface area contributed by atoms with E-state index in [1.54, 1.807) is 0 Å². The van der Waals surface area contributed by atoms with E-state index in [-0.39, 0.29) is 0 Å². The van der Waals surface area contributed by atoms with Crippen LogP contribution in [0, 0.1) is 0 Å². The molecule has 0 aliphatic heterocycles. The molecule has 3 aromatic rings. The molecule has 0 bridgehead atoms. The van der Waals surface area contributed by atoms with E-state index >= 15 is 0 Å². The molecular formula is C13H8Br2N2. The van der Waals surface area contributed by atoms with Gasteiger partial charge in [-0.25, -0.2) is 4.98 Å². The molecule has 0 atom stereocenters. The summed E-state index contributed by atoms with van der Waals surface area (Å²) in [7, 11) is 0. The molecule has 3 rings (SSSR count). The molecule has 84 valence electrons. The van der Waals surface area contributed by atoms with Gasteiger partial charge in [0, 0.05) is 26.9 Å². The molecule has 0 amide bonds. The Morgan fingerprint density at radius 3 is 2.71 bits per heavy atom. The topological polar surface area (TPSA) is 17.3 Å². The minimum atomic E-state index is 0.935. The van der Waals surface area contributed by atoms with Crippen molar-refractivity contribution in [1.29, 1.82) is 0 Å². The van der Waals surface area contributed by atoms with Crippen molar-refractivity contribution in [2.45, 2.75) is 0 Å². The van der Waals surface area contributed by atoms with Crippen LogP contribution in [0.1, 0.15) is 0 Å². The number of halogens is 2. The molecule has 0 saturated carbocycles. The summed E-state index contributed by atoms with van der Waals surface area (Å²) < 4.78 is 4.11. The number of imidazole rings is 1. The second kappa shape index (κ2) is 4.27. The molecule has 17 heavy (non-hydrogen) atoms. The first-order chi connectivity index (χ1) is 8.24. The molecular weight excluding hydrogens is 344 g/mol. The summed E-state index contributed by atoms with van der Waals surface area (Å²) >= 11 is 7.00. The van der Waals surface area contributed by atoms with Crippen LogP contribution in [0.4, 0.5) is 0 Å². The monoisotopic (exact) mass is 350 g/mol. The highest BCUT2D eigenvalue weighted by molar-refractivity contribution is 9.10. The summed E-state index contributed by atoms with van der Waals surface area (Å²) in [6.07, 6.45) is 4.02. The number of fused-ring (bicyclic) bond motifs is 1. The van der Waals surface area contributed by atoms with Crippen molar-refractivity contribution < 1.29 is 0 Å². The van der Waals surface area contributed by atoms with E-state index < -0.39 is 0 Å². The van der Waals surface area contributed by atoms with Gasteiger partial charge in [0.15, 0.2) is 0 Å². The van der Waals surface area contributed by atoms with Gasteiger partial charge in [-0.3, -0.25) is 0 Å². The fourth-order valence-corrected chi connectivity index (χ4v) is 2.57. The summed E-state index contributed by atoms with van der Waals surface area (Å²) in [5.74, 6) is 0. The standard InChI is InChI=1S/C13H8Br2N2/c14-9-5-6-17-8-12(16-13(17)7-9)10-3-1-2-4-11(10)15/h1-8H. The zero-order chi connectivity index (χ0) is 11.8. The highest BCUT2D eigenvalue weighted by Crippen LogP contribution is 2.27. The van der Waals surface area contributed by atoms with Crippen molar-refractivity contribution in [2.75, 3.05) is 0 Å². The Kier molecular flexibility index (Phi) is 2.76. The van der Waals surface area contributed by atoms with E-state index in [0.717, 1.165) is 25.8 Å². The maximum Gasteiger partial charge on any atom is 0.138 e. The van der Waals surface area contributed by atoms with Crippen LogP contribution in [0.3, 0.4) is 0 Å². The molecule has 4 heteroatoms. The van der Waals surface area contributed by atoms with Gasteiger partial charge >= 0.3 is 0 Å². The van der Waals surface area contributed by atoms with Crippen molar-refractivity contribution in [1.82, 2.24) is 9.38 Å². The zero-order valence-electron chi connectivity index (χ0n) is 8.77. The largest absolute Gasteiger partial charge is 0.306 e. The van der Waals surface area contributed by atoms with Gasteiger partial charge in [0.2, 0.25) is 0 Å². The number of aromatic nitrogens is 2. The van der Waals surface area contributed by atoms with Crippen LogP contribution in [0.2, 0.25) is 0 Å². The molecule has 0 radical (unpaired) electrons. The molecule has 0 aliphatic rings. The van der Waals surface area contributed by atoms with Gasteiger partial charge in [-0.2, -0.15) is 0 Å². The lowest BCUT2D eigenvalue weighted by molar-refractivity contribution is 1.18. The number of pyridine rings is 1. The SMILES string of the molecule is Brc1ccn2cc(-c3ccccc3Br)nc2c1. The zero-order valence-corrected chi connectivity index (χ0v) is 11.9. The molecule has 2 nitrogen and oxygen atoms in total. The summed E-state index contributed by atoms with van der Waals surface area (Å²) in [6.45, 7) is 0. The first kappa shape index (κ1) is 11.0. The lowest BCUT2D eigenvalue weighted by Gasteiger charge is -1.98. The van der Waals surface area contributed by atoms with E-state index in [4.69, 9.17) is 0 Å². The third kappa shape index (κ3) is 2.03. The molecule has 0 spiro atoms. The number of benzene rings is 1. The minimum absolute atomic E-state index is 0.935. The van der Waals surface area contributed by atoms with Gasteiger partial charge in [0.25, 0.3) is 0 Å². The summed E-state index contributed by atoms with van der Waals surface area (Å²) in [5.41, 5.74) is 3.01. The van der Waals surface area contributed by atoms with Crippen molar-refractivity contribution in [3.8, 4) is 11.3 Å². The van der Waals surface area contributed by atoms with E-state index in [1.807, 2.05) is 47.1 Å². The lowest BCUT2D eigenvalue weighted by Crippen LogP contribution is -1.79. The Hall–Kier alpha value is -1.13. The highest BCUT2D eigenvalue weighted by Gasteiger charge is 2.07. The lowest BCUT2D eigenvalue weighted by atomic mass is 10.2. The average Bonchev–Trinajstić information content (AvgIpc) is 2.72. The minimum Gasteiger partial charge on any atom is -0.306 e. The smallest absolute Gasteiger partial charge is 0.138 e. The van der Waals surface area contributed by atoms with Gasteiger partial charge in [-0.05, 0) is 18.2 Å². The Bertz CT molecular complexity index is 689. The Morgan fingerprint density at radius 1 is 1.06 bits per heavy atom.